The molecule has 33 heavy (non-hydrogen) atoms. The van der Waals surface area contributed by atoms with Crippen molar-refractivity contribution in [1.29, 1.82) is 0 Å². The van der Waals surface area contributed by atoms with Gasteiger partial charge in [0.25, 0.3) is 11.5 Å². The van der Waals surface area contributed by atoms with Gasteiger partial charge in [-0.05, 0) is 56.4 Å². The first-order valence-electron chi connectivity index (χ1n) is 11.1. The number of hydrogen-bond acceptors (Lipinski definition) is 4. The molecule has 0 N–H and O–H groups in total. The van der Waals surface area contributed by atoms with Crippen molar-refractivity contribution in [3.8, 4) is 5.75 Å². The van der Waals surface area contributed by atoms with E-state index >= 15 is 0 Å². The second-order valence-corrected chi connectivity index (χ2v) is 7.96. The van der Waals surface area contributed by atoms with E-state index in [0.717, 1.165) is 16.9 Å². The van der Waals surface area contributed by atoms with Crippen LogP contribution in [0.4, 0.5) is 0 Å². The van der Waals surface area contributed by atoms with Crippen LogP contribution in [0.2, 0.25) is 0 Å². The van der Waals surface area contributed by atoms with E-state index in [1.54, 1.807) is 29.3 Å². The van der Waals surface area contributed by atoms with Gasteiger partial charge in [-0.3, -0.25) is 14.2 Å². The predicted octanol–water partition coefficient (Wildman–Crippen LogP) is 3.84. The third kappa shape index (κ3) is 6.92. The standard InChI is InChI=1S/C27H31N3O3/c1-4-33-24-15-13-22(14-16-24)20-25(30-17-9-8-12-26(30)31)27(32)29(19-18-28(2)3)21-23-10-6-5-7-11-23/h5-17,20H,4,18-19,21H2,1-3H3/b25-20+. The summed E-state index contributed by atoms with van der Waals surface area (Å²) in [4.78, 5) is 30.3. The molecule has 6 nitrogen and oxygen atoms in total. The summed E-state index contributed by atoms with van der Waals surface area (Å²) < 4.78 is 6.93. The summed E-state index contributed by atoms with van der Waals surface area (Å²) >= 11 is 0. The van der Waals surface area contributed by atoms with E-state index in [-0.39, 0.29) is 11.5 Å². The van der Waals surface area contributed by atoms with Crippen molar-refractivity contribution < 1.29 is 9.53 Å². The van der Waals surface area contributed by atoms with E-state index in [0.29, 0.717) is 31.9 Å². The zero-order valence-electron chi connectivity index (χ0n) is 19.5. The van der Waals surface area contributed by atoms with Crippen LogP contribution in [0.1, 0.15) is 18.1 Å². The van der Waals surface area contributed by atoms with Crippen LogP contribution in [0, 0.1) is 0 Å². The first kappa shape index (κ1) is 24.0. The Hall–Kier alpha value is -3.64. The van der Waals surface area contributed by atoms with Crippen LogP contribution < -0.4 is 10.3 Å². The minimum atomic E-state index is -0.254. The van der Waals surface area contributed by atoms with Gasteiger partial charge < -0.3 is 14.5 Å². The number of ether oxygens (including phenoxy) is 1. The molecule has 0 aliphatic rings. The zero-order chi connectivity index (χ0) is 23.6. The molecular formula is C27H31N3O3. The molecule has 0 fully saturated rings. The smallest absolute Gasteiger partial charge is 0.271 e. The Bertz CT molecular complexity index is 1120. The van der Waals surface area contributed by atoms with E-state index in [1.165, 1.54) is 10.6 Å². The van der Waals surface area contributed by atoms with E-state index in [2.05, 4.69) is 0 Å². The second-order valence-electron chi connectivity index (χ2n) is 7.96. The number of hydrogen-bond donors (Lipinski definition) is 0. The molecule has 2 aromatic carbocycles. The highest BCUT2D eigenvalue weighted by molar-refractivity contribution is 6.18. The Morgan fingerprint density at radius 2 is 1.64 bits per heavy atom. The van der Waals surface area contributed by atoms with Crippen molar-refractivity contribution in [3.05, 3.63) is 100 Å². The number of carbonyl (C=O) groups excluding carboxylic acids is 1. The van der Waals surface area contributed by atoms with E-state index in [9.17, 15) is 9.59 Å². The van der Waals surface area contributed by atoms with Gasteiger partial charge in [-0.15, -0.1) is 0 Å². The monoisotopic (exact) mass is 445 g/mol. The van der Waals surface area contributed by atoms with Gasteiger partial charge in [-0.25, -0.2) is 0 Å². The lowest BCUT2D eigenvalue weighted by molar-refractivity contribution is -0.126. The maximum atomic E-state index is 13.8. The summed E-state index contributed by atoms with van der Waals surface area (Å²) in [6.45, 7) is 4.21. The third-order valence-corrected chi connectivity index (χ3v) is 5.12. The van der Waals surface area contributed by atoms with Gasteiger partial charge in [0.05, 0.1) is 6.61 Å². The van der Waals surface area contributed by atoms with Gasteiger partial charge in [0.15, 0.2) is 0 Å². The lowest BCUT2D eigenvalue weighted by Gasteiger charge is -2.26. The second kappa shape index (κ2) is 11.8. The number of carbonyl (C=O) groups is 1. The van der Waals surface area contributed by atoms with Crippen LogP contribution in [-0.2, 0) is 11.3 Å². The molecule has 1 aromatic heterocycles. The van der Waals surface area contributed by atoms with Crippen LogP contribution in [-0.4, -0.2) is 54.1 Å². The average molecular weight is 446 g/mol. The van der Waals surface area contributed by atoms with Gasteiger partial charge >= 0.3 is 0 Å². The Morgan fingerprint density at radius 3 is 2.27 bits per heavy atom. The van der Waals surface area contributed by atoms with Crippen LogP contribution in [0.25, 0.3) is 11.8 Å². The van der Waals surface area contributed by atoms with Crippen LogP contribution in [0.3, 0.4) is 0 Å². The van der Waals surface area contributed by atoms with Crippen molar-refractivity contribution in [2.24, 2.45) is 0 Å². The van der Waals surface area contributed by atoms with Crippen molar-refractivity contribution in [2.45, 2.75) is 13.5 Å². The minimum Gasteiger partial charge on any atom is -0.494 e. The minimum absolute atomic E-state index is 0.206. The molecule has 0 spiro atoms. The highest BCUT2D eigenvalue weighted by atomic mass is 16.5. The van der Waals surface area contributed by atoms with Crippen LogP contribution in [0.15, 0.2) is 83.8 Å². The first-order chi connectivity index (χ1) is 16.0. The van der Waals surface area contributed by atoms with Gasteiger partial charge in [0.2, 0.25) is 0 Å². The van der Waals surface area contributed by atoms with Crippen molar-refractivity contribution in [2.75, 3.05) is 33.8 Å². The lowest BCUT2D eigenvalue weighted by atomic mass is 10.1. The lowest BCUT2D eigenvalue weighted by Crippen LogP contribution is -2.39. The maximum absolute atomic E-state index is 13.8. The first-order valence-corrected chi connectivity index (χ1v) is 11.1. The summed E-state index contributed by atoms with van der Waals surface area (Å²) in [5, 5.41) is 0. The summed E-state index contributed by atoms with van der Waals surface area (Å²) in [5.74, 6) is 0.555. The number of rotatable bonds is 10. The maximum Gasteiger partial charge on any atom is 0.271 e. The van der Waals surface area contributed by atoms with Crippen molar-refractivity contribution in [1.82, 2.24) is 14.4 Å². The Balaban J connectivity index is 2.01. The summed E-state index contributed by atoms with van der Waals surface area (Å²) in [7, 11) is 3.95. The molecule has 3 aromatic rings. The van der Waals surface area contributed by atoms with Gasteiger partial charge in [-0.2, -0.15) is 0 Å². The molecule has 0 atom stereocenters. The molecule has 1 heterocycles. The molecule has 172 valence electrons. The molecule has 3 rings (SSSR count). The third-order valence-electron chi connectivity index (χ3n) is 5.12. The van der Waals surface area contributed by atoms with Crippen molar-refractivity contribution in [3.63, 3.8) is 0 Å². The average Bonchev–Trinajstić information content (AvgIpc) is 2.82. The van der Waals surface area contributed by atoms with E-state index < -0.39 is 0 Å². The van der Waals surface area contributed by atoms with Crippen LogP contribution in [0.5, 0.6) is 5.75 Å². The molecule has 0 unspecified atom stereocenters. The quantitative estimate of drug-likeness (QED) is 0.445. The highest BCUT2D eigenvalue weighted by Gasteiger charge is 2.21. The summed E-state index contributed by atoms with van der Waals surface area (Å²) in [5.41, 5.74) is 1.89. The number of likely N-dealkylation sites (N-methyl/N-ethyl adjacent to an activating group) is 1. The molecule has 0 radical (unpaired) electrons. The molecule has 0 aliphatic carbocycles. The normalized spacial score (nSPS) is 11.5. The highest BCUT2D eigenvalue weighted by Crippen LogP contribution is 2.18. The van der Waals surface area contributed by atoms with Crippen LogP contribution >= 0.6 is 0 Å². The molecule has 0 saturated carbocycles. The SMILES string of the molecule is CCOc1ccc(/C=C(\C(=O)N(CCN(C)C)Cc2ccccc2)n2ccccc2=O)cc1. The number of nitrogens with zero attached hydrogens (tertiary/aromatic N) is 3. The Labute approximate surface area is 195 Å². The molecule has 6 heteroatoms. The molecule has 1 amide bonds. The fourth-order valence-electron chi connectivity index (χ4n) is 3.38. The van der Waals surface area contributed by atoms with Crippen molar-refractivity contribution >= 4 is 17.7 Å². The van der Waals surface area contributed by atoms with Gasteiger partial charge in [0, 0.05) is 31.9 Å². The zero-order valence-corrected chi connectivity index (χ0v) is 19.5. The van der Waals surface area contributed by atoms with Gasteiger partial charge in [-0.1, -0.05) is 48.5 Å². The number of aromatic nitrogens is 1. The molecule has 0 aliphatic heterocycles. The fourth-order valence-corrected chi connectivity index (χ4v) is 3.38. The largest absolute Gasteiger partial charge is 0.494 e. The van der Waals surface area contributed by atoms with E-state index in [1.807, 2.05) is 80.5 Å². The Kier molecular flexibility index (Phi) is 8.61. The summed E-state index contributed by atoms with van der Waals surface area (Å²) in [6.07, 6.45) is 3.39. The summed E-state index contributed by atoms with van der Waals surface area (Å²) in [6, 6.07) is 22.2. The number of benzene rings is 2. The number of pyridine rings is 1. The van der Waals surface area contributed by atoms with Gasteiger partial charge in [0.1, 0.15) is 11.4 Å². The fraction of sp³-hybridized carbons (Fsp3) is 0.259. The Morgan fingerprint density at radius 1 is 0.939 bits per heavy atom. The molecule has 0 bridgehead atoms. The predicted molar refractivity (Wildman–Crippen MR) is 133 cm³/mol. The molecular weight excluding hydrogens is 414 g/mol. The topological polar surface area (TPSA) is 54.8 Å². The number of amides is 1. The van der Waals surface area contributed by atoms with E-state index in [4.69, 9.17) is 4.74 Å². The molecule has 0 saturated heterocycles.